The average molecular weight is 256 g/mol. The van der Waals surface area contributed by atoms with Gasteiger partial charge in [-0.05, 0) is 31.6 Å². The summed E-state index contributed by atoms with van der Waals surface area (Å²) in [6, 6.07) is 0.714. The van der Waals surface area contributed by atoms with Crippen LogP contribution in [-0.4, -0.2) is 36.7 Å². The molecule has 0 bridgehead atoms. The summed E-state index contributed by atoms with van der Waals surface area (Å²) < 4.78 is 5.45. The van der Waals surface area contributed by atoms with E-state index in [1.165, 1.54) is 30.2 Å². The molecular weight excluding hydrogens is 232 g/mol. The minimum atomic E-state index is 0.714. The quantitative estimate of drug-likeness (QED) is 0.742. The molecule has 17 heavy (non-hydrogen) atoms. The number of rotatable bonds is 6. The van der Waals surface area contributed by atoms with Crippen molar-refractivity contribution in [1.82, 2.24) is 5.32 Å². The molecule has 2 aliphatic rings. The van der Waals surface area contributed by atoms with E-state index in [4.69, 9.17) is 4.74 Å². The van der Waals surface area contributed by atoms with Crippen LogP contribution in [0, 0.1) is 5.92 Å². The Bertz CT molecular complexity index is 258. The number of nitrogens with zero attached hydrogens (tertiary/aromatic N) is 1. The van der Waals surface area contributed by atoms with Gasteiger partial charge in [-0.3, -0.25) is 4.99 Å². The molecule has 0 radical (unpaired) electrons. The first kappa shape index (κ1) is 13.2. The Balaban J connectivity index is 1.61. The molecule has 1 N–H and O–H groups in total. The summed E-state index contributed by atoms with van der Waals surface area (Å²) >= 11 is 1.91. The topological polar surface area (TPSA) is 33.6 Å². The lowest BCUT2D eigenvalue weighted by Gasteiger charge is -2.28. The largest absolute Gasteiger partial charge is 0.381 e. The number of ether oxygens (including phenoxy) is 1. The Labute approximate surface area is 109 Å². The van der Waals surface area contributed by atoms with Gasteiger partial charge in [0.25, 0.3) is 0 Å². The highest BCUT2D eigenvalue weighted by Gasteiger charge is 2.31. The van der Waals surface area contributed by atoms with E-state index in [0.29, 0.717) is 6.04 Å². The number of hydrogen-bond acceptors (Lipinski definition) is 3. The summed E-state index contributed by atoms with van der Waals surface area (Å²) in [5.74, 6) is 2.16. The molecule has 3 nitrogen and oxygen atoms in total. The Morgan fingerprint density at radius 2 is 2.35 bits per heavy atom. The van der Waals surface area contributed by atoms with Crippen molar-refractivity contribution in [3.05, 3.63) is 0 Å². The van der Waals surface area contributed by atoms with Gasteiger partial charge in [0.2, 0.25) is 0 Å². The molecule has 1 aliphatic heterocycles. The molecular formula is C13H24N2OS. The number of thioether (sulfide) groups is 1. The lowest BCUT2D eigenvalue weighted by molar-refractivity contribution is 0.134. The molecule has 1 saturated carbocycles. The SMILES string of the molecule is CCCOCCCN=C1NC2CCCC2CS1. The Morgan fingerprint density at radius 1 is 1.41 bits per heavy atom. The summed E-state index contributed by atoms with van der Waals surface area (Å²) in [4.78, 5) is 4.63. The highest BCUT2D eigenvalue weighted by atomic mass is 32.2. The first-order valence-corrected chi connectivity index (χ1v) is 7.90. The van der Waals surface area contributed by atoms with E-state index < -0.39 is 0 Å². The Hall–Kier alpha value is -0.220. The molecule has 0 aromatic heterocycles. The van der Waals surface area contributed by atoms with Crippen LogP contribution in [0.5, 0.6) is 0 Å². The van der Waals surface area contributed by atoms with Gasteiger partial charge in [0.15, 0.2) is 5.17 Å². The zero-order valence-electron chi connectivity index (χ0n) is 10.8. The van der Waals surface area contributed by atoms with Crippen LogP contribution >= 0.6 is 11.8 Å². The minimum absolute atomic E-state index is 0.714. The second-order valence-electron chi connectivity index (χ2n) is 4.91. The fraction of sp³-hybridized carbons (Fsp3) is 0.923. The fourth-order valence-electron chi connectivity index (χ4n) is 2.50. The number of aliphatic imine (C=N–C) groups is 1. The number of fused-ring (bicyclic) bond motifs is 1. The normalized spacial score (nSPS) is 30.3. The average Bonchev–Trinajstić information content (AvgIpc) is 2.81. The zero-order valence-corrected chi connectivity index (χ0v) is 11.6. The third-order valence-electron chi connectivity index (χ3n) is 3.45. The van der Waals surface area contributed by atoms with E-state index in [1.807, 2.05) is 11.8 Å². The lowest BCUT2D eigenvalue weighted by Crippen LogP contribution is -2.41. The van der Waals surface area contributed by atoms with E-state index in [-0.39, 0.29) is 0 Å². The van der Waals surface area contributed by atoms with Gasteiger partial charge in [-0.15, -0.1) is 0 Å². The van der Waals surface area contributed by atoms with E-state index in [9.17, 15) is 0 Å². The standard InChI is InChI=1S/C13H24N2OS/c1-2-8-16-9-4-7-14-13-15-12-6-3-5-11(12)10-17-13/h11-12H,2-10H2,1H3,(H,14,15). The van der Waals surface area contributed by atoms with Crippen LogP contribution in [0.15, 0.2) is 4.99 Å². The van der Waals surface area contributed by atoms with Gasteiger partial charge in [0, 0.05) is 31.6 Å². The Kier molecular flexibility index (Phi) is 5.65. The molecule has 1 aliphatic carbocycles. The monoisotopic (exact) mass is 256 g/mol. The van der Waals surface area contributed by atoms with Gasteiger partial charge in [-0.1, -0.05) is 25.1 Å². The molecule has 98 valence electrons. The first-order valence-electron chi connectivity index (χ1n) is 6.91. The van der Waals surface area contributed by atoms with Crippen molar-refractivity contribution < 1.29 is 4.74 Å². The molecule has 0 amide bonds. The highest BCUT2D eigenvalue weighted by Crippen LogP contribution is 2.32. The van der Waals surface area contributed by atoms with Crippen molar-refractivity contribution in [2.45, 2.75) is 45.1 Å². The van der Waals surface area contributed by atoms with Crippen LogP contribution in [0.4, 0.5) is 0 Å². The van der Waals surface area contributed by atoms with Gasteiger partial charge in [-0.2, -0.15) is 0 Å². The van der Waals surface area contributed by atoms with Crippen molar-refractivity contribution in [2.24, 2.45) is 10.9 Å². The molecule has 0 aromatic rings. The van der Waals surface area contributed by atoms with Gasteiger partial charge >= 0.3 is 0 Å². The maximum atomic E-state index is 5.45. The molecule has 1 heterocycles. The van der Waals surface area contributed by atoms with E-state index >= 15 is 0 Å². The van der Waals surface area contributed by atoms with Crippen molar-refractivity contribution >= 4 is 16.9 Å². The first-order chi connectivity index (χ1) is 8.40. The molecule has 2 fully saturated rings. The third-order valence-corrected chi connectivity index (χ3v) is 4.57. The van der Waals surface area contributed by atoms with Gasteiger partial charge in [0.1, 0.15) is 0 Å². The third kappa shape index (κ3) is 4.18. The van der Waals surface area contributed by atoms with Gasteiger partial charge in [0.05, 0.1) is 0 Å². The highest BCUT2D eigenvalue weighted by molar-refractivity contribution is 8.13. The molecule has 1 saturated heterocycles. The van der Waals surface area contributed by atoms with Crippen LogP contribution < -0.4 is 5.32 Å². The van der Waals surface area contributed by atoms with Crippen LogP contribution in [0.3, 0.4) is 0 Å². The molecule has 0 aromatic carbocycles. The van der Waals surface area contributed by atoms with Gasteiger partial charge in [-0.25, -0.2) is 0 Å². The van der Waals surface area contributed by atoms with E-state index in [1.54, 1.807) is 0 Å². The smallest absolute Gasteiger partial charge is 0.156 e. The van der Waals surface area contributed by atoms with Crippen molar-refractivity contribution in [3.63, 3.8) is 0 Å². The summed E-state index contributed by atoms with van der Waals surface area (Å²) in [5, 5.41) is 4.76. The number of amidine groups is 1. The van der Waals surface area contributed by atoms with Crippen molar-refractivity contribution in [3.8, 4) is 0 Å². The van der Waals surface area contributed by atoms with E-state index in [0.717, 1.165) is 38.5 Å². The maximum absolute atomic E-state index is 5.45. The van der Waals surface area contributed by atoms with Crippen LogP contribution in [-0.2, 0) is 4.74 Å². The van der Waals surface area contributed by atoms with Gasteiger partial charge < -0.3 is 10.1 Å². The molecule has 2 atom stereocenters. The van der Waals surface area contributed by atoms with Crippen LogP contribution in [0.25, 0.3) is 0 Å². The molecule has 4 heteroatoms. The van der Waals surface area contributed by atoms with Crippen LogP contribution in [0.2, 0.25) is 0 Å². The second kappa shape index (κ2) is 7.27. The fourth-order valence-corrected chi connectivity index (χ4v) is 3.69. The van der Waals surface area contributed by atoms with Crippen LogP contribution in [0.1, 0.15) is 39.0 Å². The molecule has 2 rings (SSSR count). The Morgan fingerprint density at radius 3 is 3.24 bits per heavy atom. The lowest BCUT2D eigenvalue weighted by atomic mass is 10.1. The van der Waals surface area contributed by atoms with Crippen molar-refractivity contribution in [2.75, 3.05) is 25.5 Å². The zero-order chi connectivity index (χ0) is 11.9. The predicted octanol–water partition coefficient (Wildman–Crippen LogP) is 2.66. The molecule has 2 unspecified atom stereocenters. The summed E-state index contributed by atoms with van der Waals surface area (Å²) in [5.41, 5.74) is 0. The minimum Gasteiger partial charge on any atom is -0.381 e. The molecule has 0 spiro atoms. The number of hydrogen-bond donors (Lipinski definition) is 1. The second-order valence-corrected chi connectivity index (χ2v) is 5.91. The summed E-state index contributed by atoms with van der Waals surface area (Å²) in [6.45, 7) is 4.77. The predicted molar refractivity (Wildman–Crippen MR) is 74.8 cm³/mol. The summed E-state index contributed by atoms with van der Waals surface area (Å²) in [6.07, 6.45) is 6.28. The number of nitrogens with one attached hydrogen (secondary N) is 1. The van der Waals surface area contributed by atoms with E-state index in [2.05, 4.69) is 17.2 Å². The van der Waals surface area contributed by atoms with Crippen molar-refractivity contribution in [1.29, 1.82) is 0 Å². The summed E-state index contributed by atoms with van der Waals surface area (Å²) in [7, 11) is 0. The maximum Gasteiger partial charge on any atom is 0.156 e.